The van der Waals surface area contributed by atoms with Gasteiger partial charge in [-0.05, 0) is 60.9 Å². The van der Waals surface area contributed by atoms with Crippen LogP contribution in [0.1, 0.15) is 53.5 Å². The van der Waals surface area contributed by atoms with Gasteiger partial charge in [-0.3, -0.25) is 14.9 Å². The highest BCUT2D eigenvalue weighted by Crippen LogP contribution is 2.57. The molecule has 52 heavy (non-hydrogen) atoms. The van der Waals surface area contributed by atoms with Gasteiger partial charge in [0.15, 0.2) is 35.6 Å². The lowest BCUT2D eigenvalue weighted by Crippen LogP contribution is -2.63. The molecule has 2 aromatic carbocycles. The molecule has 5 heterocycles. The number of aliphatic hydroxyl groups excluding tert-OH is 2. The minimum atomic E-state index is -1.47. The van der Waals surface area contributed by atoms with Gasteiger partial charge in [-0.15, -0.1) is 0 Å². The zero-order chi connectivity index (χ0) is 36.4. The minimum Gasteiger partial charge on any atom is -0.493 e. The van der Waals surface area contributed by atoms with E-state index in [-0.39, 0.29) is 30.8 Å². The summed E-state index contributed by atoms with van der Waals surface area (Å²) in [6, 6.07) is 10.2. The van der Waals surface area contributed by atoms with Crippen LogP contribution in [0, 0.1) is 22.0 Å². The summed E-state index contributed by atoms with van der Waals surface area (Å²) in [4.78, 5) is 25.2. The first-order valence-corrected chi connectivity index (χ1v) is 17.6. The van der Waals surface area contributed by atoms with Gasteiger partial charge >= 0.3 is 11.0 Å². The van der Waals surface area contributed by atoms with Crippen LogP contribution in [-0.2, 0) is 28.5 Å². The number of methoxy groups -OCH3 is 2. The molecule has 3 aromatic rings. The highest BCUT2D eigenvalue weighted by Gasteiger charge is 2.56. The molecular formula is C35H37NO15S. The van der Waals surface area contributed by atoms with E-state index in [2.05, 4.69) is 0 Å². The van der Waals surface area contributed by atoms with Crippen molar-refractivity contribution < 1.29 is 67.3 Å². The van der Waals surface area contributed by atoms with Crippen molar-refractivity contribution in [2.45, 2.75) is 69.0 Å². The molecule has 0 saturated carbocycles. The first-order valence-electron chi connectivity index (χ1n) is 16.8. The molecule has 0 spiro atoms. The Labute approximate surface area is 301 Å². The smallest absolute Gasteiger partial charge is 0.324 e. The van der Waals surface area contributed by atoms with Crippen LogP contribution < -0.4 is 23.7 Å². The Morgan fingerprint density at radius 3 is 2.35 bits per heavy atom. The standard InChI is InChI=1S/C35H37NO15S/c1-14(25-5-6-26(52-25)36(40)41)48-32-22(42-3)7-16(8-23(32)43-4)27-17-9-20-21(47-13-46-20)10-18(17)31(19-11-45-34(39)28(19)27)51-35-30(38)29(37)33-24(50-35)12-44-15(2)49-33/h5-10,14-15,19,24,27-31,33,35,37-38H,11-13H2,1-4H3/t14?,15?,19?,24-,27?,28?,29-,30-,31?,33-,35+/m1/s1. The van der Waals surface area contributed by atoms with Gasteiger partial charge in [-0.1, -0.05) is 11.3 Å². The fourth-order valence-corrected chi connectivity index (χ4v) is 8.53. The molecule has 0 radical (unpaired) electrons. The normalized spacial score (nSPS) is 32.2. The fraction of sp³-hybridized carbons (Fsp3) is 0.514. The van der Waals surface area contributed by atoms with Crippen LogP contribution >= 0.6 is 11.3 Å². The van der Waals surface area contributed by atoms with E-state index in [1.165, 1.54) is 20.3 Å². The highest BCUT2D eigenvalue weighted by molar-refractivity contribution is 7.15. The monoisotopic (exact) mass is 743 g/mol. The lowest BCUT2D eigenvalue weighted by Gasteiger charge is -2.47. The van der Waals surface area contributed by atoms with E-state index >= 15 is 0 Å². The van der Waals surface area contributed by atoms with E-state index in [9.17, 15) is 25.1 Å². The van der Waals surface area contributed by atoms with E-state index in [1.54, 1.807) is 38.1 Å². The number of carbonyl (C=O) groups excluding carboxylic acids is 1. The molecule has 278 valence electrons. The summed E-state index contributed by atoms with van der Waals surface area (Å²) in [6.07, 6.45) is -7.62. The highest BCUT2D eigenvalue weighted by atomic mass is 32.1. The van der Waals surface area contributed by atoms with Crippen molar-refractivity contribution >= 4 is 22.3 Å². The number of rotatable bonds is 9. The van der Waals surface area contributed by atoms with Gasteiger partial charge in [0.05, 0.1) is 49.3 Å². The summed E-state index contributed by atoms with van der Waals surface area (Å²) in [5.74, 6) is -0.557. The number of benzene rings is 2. The molecule has 4 aliphatic heterocycles. The number of cyclic esters (lactones) is 1. The van der Waals surface area contributed by atoms with Gasteiger partial charge in [-0.25, -0.2) is 0 Å². The second-order valence-corrected chi connectivity index (χ2v) is 14.3. The molecule has 8 rings (SSSR count). The molecule has 3 saturated heterocycles. The van der Waals surface area contributed by atoms with Crippen molar-refractivity contribution in [3.05, 3.63) is 68.1 Å². The largest absolute Gasteiger partial charge is 0.493 e. The van der Waals surface area contributed by atoms with Gasteiger partial charge < -0.3 is 57.6 Å². The van der Waals surface area contributed by atoms with E-state index in [4.69, 9.17) is 47.4 Å². The van der Waals surface area contributed by atoms with Crippen LogP contribution in [0.4, 0.5) is 5.00 Å². The van der Waals surface area contributed by atoms with Crippen molar-refractivity contribution in [2.75, 3.05) is 34.2 Å². The first-order chi connectivity index (χ1) is 25.1. The van der Waals surface area contributed by atoms with Gasteiger partial charge in [-0.2, -0.15) is 0 Å². The van der Waals surface area contributed by atoms with E-state index in [1.807, 2.05) is 6.07 Å². The molecule has 16 nitrogen and oxygen atoms in total. The topological polar surface area (TPSA) is 193 Å². The SMILES string of the molecule is COc1cc(C2c3cc4c(cc3C(O[C@@H]3O[C@@H]5COC(C)O[C@H]5[C@H](O)[C@H]3O)C3COC(=O)C23)OCO4)cc(OC)c1OC(C)c1ccc([N+](=O)[O-])s1. The Balaban J connectivity index is 1.18. The van der Waals surface area contributed by atoms with Gasteiger partial charge in [0, 0.05) is 17.9 Å². The summed E-state index contributed by atoms with van der Waals surface area (Å²) in [5, 5.41) is 33.5. The number of carbonyl (C=O) groups is 1. The second-order valence-electron chi connectivity index (χ2n) is 13.2. The Hall–Kier alpha value is -4.23. The summed E-state index contributed by atoms with van der Waals surface area (Å²) >= 11 is 1.01. The summed E-state index contributed by atoms with van der Waals surface area (Å²) in [7, 11) is 2.96. The number of fused-ring (bicyclic) bond motifs is 4. The van der Waals surface area contributed by atoms with E-state index < -0.39 is 77.9 Å². The Kier molecular flexibility index (Phi) is 9.13. The van der Waals surface area contributed by atoms with Crippen molar-refractivity contribution in [3.8, 4) is 28.7 Å². The van der Waals surface area contributed by atoms with Gasteiger partial charge in [0.2, 0.25) is 12.5 Å². The molecule has 1 aliphatic carbocycles. The van der Waals surface area contributed by atoms with Crippen LogP contribution in [0.3, 0.4) is 0 Å². The van der Waals surface area contributed by atoms with Crippen LogP contribution in [-0.4, -0.2) is 92.3 Å². The quantitative estimate of drug-likeness (QED) is 0.183. The number of nitrogens with zero attached hydrogens (tertiary/aromatic N) is 1. The number of aliphatic hydroxyl groups is 2. The van der Waals surface area contributed by atoms with Gasteiger partial charge in [0.1, 0.15) is 30.5 Å². The molecule has 2 N–H and O–H groups in total. The number of thiophene rings is 1. The van der Waals surface area contributed by atoms with Crippen LogP contribution in [0.25, 0.3) is 0 Å². The third-order valence-electron chi connectivity index (χ3n) is 10.2. The number of nitro groups is 1. The lowest BCUT2D eigenvalue weighted by molar-refractivity contribution is -0.380. The predicted octanol–water partition coefficient (Wildman–Crippen LogP) is 3.74. The van der Waals surface area contributed by atoms with Crippen molar-refractivity contribution in [1.29, 1.82) is 0 Å². The summed E-state index contributed by atoms with van der Waals surface area (Å²) < 4.78 is 59.1. The first kappa shape index (κ1) is 34.8. The van der Waals surface area contributed by atoms with Crippen molar-refractivity contribution in [3.63, 3.8) is 0 Å². The lowest BCUT2D eigenvalue weighted by atomic mass is 9.66. The average molecular weight is 744 g/mol. The molecule has 5 aliphatic rings. The minimum absolute atomic E-state index is 0.000708. The second kappa shape index (κ2) is 13.6. The fourth-order valence-electron chi connectivity index (χ4n) is 7.73. The van der Waals surface area contributed by atoms with Crippen molar-refractivity contribution in [1.82, 2.24) is 0 Å². The average Bonchev–Trinajstić information content (AvgIpc) is 3.91. The maximum Gasteiger partial charge on any atom is 0.324 e. The summed E-state index contributed by atoms with van der Waals surface area (Å²) in [5.41, 5.74) is 1.97. The Morgan fingerprint density at radius 1 is 0.962 bits per heavy atom. The molecule has 0 bridgehead atoms. The molecule has 11 atom stereocenters. The zero-order valence-electron chi connectivity index (χ0n) is 28.5. The number of hydrogen-bond donors (Lipinski definition) is 2. The van der Waals surface area contributed by atoms with Crippen molar-refractivity contribution in [2.24, 2.45) is 11.8 Å². The molecule has 1 aromatic heterocycles. The number of esters is 1. The Morgan fingerprint density at radius 2 is 1.67 bits per heavy atom. The summed E-state index contributed by atoms with van der Waals surface area (Å²) in [6.45, 7) is 3.60. The van der Waals surface area contributed by atoms with E-state index in [0.717, 1.165) is 11.3 Å². The Bertz CT molecular complexity index is 1840. The molecule has 6 unspecified atom stereocenters. The third-order valence-corrected chi connectivity index (χ3v) is 11.4. The maximum absolute atomic E-state index is 13.7. The van der Waals surface area contributed by atoms with Crippen LogP contribution in [0.2, 0.25) is 0 Å². The maximum atomic E-state index is 13.7. The van der Waals surface area contributed by atoms with Crippen LogP contribution in [0.5, 0.6) is 28.7 Å². The number of ether oxygens (including phenoxy) is 10. The number of hydrogen-bond acceptors (Lipinski definition) is 16. The zero-order valence-corrected chi connectivity index (χ0v) is 29.3. The van der Waals surface area contributed by atoms with Crippen LogP contribution in [0.15, 0.2) is 36.4 Å². The third kappa shape index (κ3) is 5.89. The molecular weight excluding hydrogens is 706 g/mol. The van der Waals surface area contributed by atoms with Gasteiger partial charge in [0.25, 0.3) is 0 Å². The van der Waals surface area contributed by atoms with E-state index in [0.29, 0.717) is 44.6 Å². The molecule has 0 amide bonds. The molecule has 3 fully saturated rings. The molecule has 17 heteroatoms. The predicted molar refractivity (Wildman–Crippen MR) is 177 cm³/mol.